The van der Waals surface area contributed by atoms with E-state index in [1.54, 1.807) is 32.9 Å². The minimum atomic E-state index is -3.83. The molecule has 1 amide bonds. The highest BCUT2D eigenvalue weighted by Crippen LogP contribution is 2.18. The second-order valence-corrected chi connectivity index (χ2v) is 8.34. The number of hydrogen-bond acceptors (Lipinski definition) is 6. The van der Waals surface area contributed by atoms with Gasteiger partial charge in [0.1, 0.15) is 5.82 Å². The van der Waals surface area contributed by atoms with Gasteiger partial charge in [-0.2, -0.15) is 0 Å². The van der Waals surface area contributed by atoms with Gasteiger partial charge in [0.15, 0.2) is 5.76 Å². The number of hydrogen-bond donors (Lipinski definition) is 2. The monoisotopic (exact) mass is 366 g/mol. The van der Waals surface area contributed by atoms with Crippen molar-refractivity contribution in [2.24, 2.45) is 0 Å². The number of nitrogens with zero attached hydrogens (tertiary/aromatic N) is 2. The average Bonchev–Trinajstić information content (AvgIpc) is 2.96. The molecule has 0 bridgehead atoms. The average molecular weight is 366 g/mol. The number of carbonyl (C=O) groups excluding carboxylic acids is 1. The van der Waals surface area contributed by atoms with Crippen molar-refractivity contribution in [1.29, 1.82) is 0 Å². The molecule has 0 aromatic carbocycles. The van der Waals surface area contributed by atoms with E-state index in [2.05, 4.69) is 15.0 Å². The van der Waals surface area contributed by atoms with E-state index in [9.17, 15) is 13.2 Å². The van der Waals surface area contributed by atoms with E-state index in [0.29, 0.717) is 5.69 Å². The van der Waals surface area contributed by atoms with Gasteiger partial charge in [-0.3, -0.25) is 4.79 Å². The Bertz CT molecular complexity index is 849. The predicted octanol–water partition coefficient (Wildman–Crippen LogP) is 2.07. The van der Waals surface area contributed by atoms with Crippen LogP contribution in [-0.4, -0.2) is 38.9 Å². The Morgan fingerprint density at radius 1 is 1.16 bits per heavy atom. The Morgan fingerprint density at radius 2 is 1.84 bits per heavy atom. The number of sulfonamides is 1. The summed E-state index contributed by atoms with van der Waals surface area (Å²) < 4.78 is 32.0. The van der Waals surface area contributed by atoms with Gasteiger partial charge in [-0.25, -0.2) is 18.1 Å². The van der Waals surface area contributed by atoms with E-state index >= 15 is 0 Å². The summed E-state index contributed by atoms with van der Waals surface area (Å²) in [5, 5.41) is 2.30. The van der Waals surface area contributed by atoms with Crippen molar-refractivity contribution >= 4 is 27.4 Å². The van der Waals surface area contributed by atoms with Gasteiger partial charge in [-0.05, 0) is 45.0 Å². The molecule has 0 unspecified atom stereocenters. The first-order chi connectivity index (χ1) is 11.5. The number of amides is 1. The zero-order valence-corrected chi connectivity index (χ0v) is 15.6. The van der Waals surface area contributed by atoms with Crippen LogP contribution in [0, 0.1) is 0 Å². The van der Waals surface area contributed by atoms with Gasteiger partial charge in [0.2, 0.25) is 5.09 Å². The fourth-order valence-corrected chi connectivity index (χ4v) is 3.31. The van der Waals surface area contributed by atoms with Crippen LogP contribution >= 0.6 is 0 Å². The quantitative estimate of drug-likeness (QED) is 0.839. The minimum Gasteiger partial charge on any atom is -0.438 e. The zero-order valence-electron chi connectivity index (χ0n) is 14.8. The number of carbonyl (C=O) groups is 1. The lowest BCUT2D eigenvalue weighted by Gasteiger charge is -2.18. The van der Waals surface area contributed by atoms with E-state index < -0.39 is 21.5 Å². The largest absolute Gasteiger partial charge is 0.438 e. The molecule has 8 nitrogen and oxygen atoms in total. The summed E-state index contributed by atoms with van der Waals surface area (Å²) in [6.45, 7) is 5.14. The van der Waals surface area contributed by atoms with Crippen molar-refractivity contribution in [2.45, 2.75) is 31.4 Å². The van der Waals surface area contributed by atoms with Crippen LogP contribution in [0.1, 0.15) is 31.3 Å². The summed E-state index contributed by atoms with van der Waals surface area (Å²) in [5.74, 6) is 0.0835. The van der Waals surface area contributed by atoms with Gasteiger partial charge in [0.05, 0.1) is 11.9 Å². The molecular formula is C16H22N4O4S. The maximum atomic E-state index is 12.2. The molecule has 0 aliphatic heterocycles. The number of anilines is 2. The summed E-state index contributed by atoms with van der Waals surface area (Å²) in [4.78, 5) is 18.2. The molecule has 2 aromatic heterocycles. The van der Waals surface area contributed by atoms with Crippen molar-refractivity contribution in [2.75, 3.05) is 24.3 Å². The summed E-state index contributed by atoms with van der Waals surface area (Å²) >= 11 is 0. The number of rotatable bonds is 5. The van der Waals surface area contributed by atoms with Crippen molar-refractivity contribution in [3.05, 3.63) is 36.2 Å². The SMILES string of the molecule is CN(C)c1ccc(NC(=O)c2ccc(S(=O)(=O)NC(C)(C)C)o2)cn1. The summed E-state index contributed by atoms with van der Waals surface area (Å²) in [6.07, 6.45) is 1.51. The Labute approximate surface area is 147 Å². The maximum absolute atomic E-state index is 12.2. The summed E-state index contributed by atoms with van der Waals surface area (Å²) in [5.41, 5.74) is -0.183. The molecule has 0 spiro atoms. The molecule has 0 atom stereocenters. The van der Waals surface area contributed by atoms with Gasteiger partial charge >= 0.3 is 0 Å². The maximum Gasteiger partial charge on any atom is 0.291 e. The molecule has 136 valence electrons. The number of aromatic nitrogens is 1. The van der Waals surface area contributed by atoms with Crippen LogP contribution in [0.25, 0.3) is 0 Å². The highest BCUT2D eigenvalue weighted by atomic mass is 32.2. The number of pyridine rings is 1. The van der Waals surface area contributed by atoms with Gasteiger partial charge in [0.25, 0.3) is 15.9 Å². The van der Waals surface area contributed by atoms with Gasteiger partial charge in [-0.15, -0.1) is 0 Å². The Balaban J connectivity index is 2.12. The Hall–Kier alpha value is -2.39. The molecule has 2 N–H and O–H groups in total. The molecular weight excluding hydrogens is 344 g/mol. The molecule has 0 fully saturated rings. The molecule has 2 aromatic rings. The minimum absolute atomic E-state index is 0.106. The summed E-state index contributed by atoms with van der Waals surface area (Å²) in [6, 6.07) is 6.01. The standard InChI is InChI=1S/C16H22N4O4S/c1-16(2,3)19-25(22,23)14-9-7-12(24-14)15(21)18-11-6-8-13(17-10-11)20(4)5/h6-10,19H,1-5H3,(H,18,21). The Morgan fingerprint density at radius 3 is 2.36 bits per heavy atom. The number of furan rings is 1. The third-order valence-electron chi connectivity index (χ3n) is 2.97. The highest BCUT2D eigenvalue weighted by molar-refractivity contribution is 7.89. The molecule has 2 heterocycles. The Kier molecular flexibility index (Phi) is 5.19. The van der Waals surface area contributed by atoms with E-state index in [1.165, 1.54) is 18.3 Å². The highest BCUT2D eigenvalue weighted by Gasteiger charge is 2.26. The first kappa shape index (κ1) is 18.9. The topological polar surface area (TPSA) is 105 Å². The molecule has 2 rings (SSSR count). The fraction of sp³-hybridized carbons (Fsp3) is 0.375. The van der Waals surface area contributed by atoms with Crippen molar-refractivity contribution < 1.29 is 17.6 Å². The van der Waals surface area contributed by atoms with Crippen LogP contribution in [-0.2, 0) is 10.0 Å². The molecule has 25 heavy (non-hydrogen) atoms. The van der Waals surface area contributed by atoms with Crippen molar-refractivity contribution in [3.63, 3.8) is 0 Å². The first-order valence-electron chi connectivity index (χ1n) is 7.56. The lowest BCUT2D eigenvalue weighted by Crippen LogP contribution is -2.40. The number of nitrogens with one attached hydrogen (secondary N) is 2. The lowest BCUT2D eigenvalue weighted by molar-refractivity contribution is 0.0991. The molecule has 9 heteroatoms. The smallest absolute Gasteiger partial charge is 0.291 e. The van der Waals surface area contributed by atoms with Crippen LogP contribution in [0.2, 0.25) is 0 Å². The van der Waals surface area contributed by atoms with Crippen molar-refractivity contribution in [3.8, 4) is 0 Å². The zero-order chi connectivity index (χ0) is 18.8. The van der Waals surface area contributed by atoms with E-state index in [0.717, 1.165) is 5.82 Å². The van der Waals surface area contributed by atoms with Crippen LogP contribution < -0.4 is 14.9 Å². The second-order valence-electron chi connectivity index (χ2n) is 6.73. The van der Waals surface area contributed by atoms with Crippen LogP contribution in [0.5, 0.6) is 0 Å². The normalized spacial score (nSPS) is 12.0. The molecule has 0 saturated heterocycles. The van der Waals surface area contributed by atoms with Crippen LogP contribution in [0.15, 0.2) is 40.0 Å². The van der Waals surface area contributed by atoms with E-state index in [4.69, 9.17) is 4.42 Å². The van der Waals surface area contributed by atoms with Gasteiger partial charge in [-0.1, -0.05) is 0 Å². The molecule has 0 aliphatic rings. The third kappa shape index (κ3) is 5.04. The van der Waals surface area contributed by atoms with Crippen LogP contribution in [0.3, 0.4) is 0 Å². The van der Waals surface area contributed by atoms with E-state index in [-0.39, 0.29) is 10.9 Å². The molecule has 0 aliphatic carbocycles. The summed E-state index contributed by atoms with van der Waals surface area (Å²) in [7, 11) is -0.117. The first-order valence-corrected chi connectivity index (χ1v) is 9.05. The second kappa shape index (κ2) is 6.85. The van der Waals surface area contributed by atoms with Gasteiger partial charge < -0.3 is 14.6 Å². The fourth-order valence-electron chi connectivity index (χ4n) is 1.96. The van der Waals surface area contributed by atoms with Crippen LogP contribution in [0.4, 0.5) is 11.5 Å². The van der Waals surface area contributed by atoms with Crippen molar-refractivity contribution in [1.82, 2.24) is 9.71 Å². The third-order valence-corrected chi connectivity index (χ3v) is 4.60. The molecule has 0 radical (unpaired) electrons. The predicted molar refractivity (Wildman–Crippen MR) is 95.3 cm³/mol. The van der Waals surface area contributed by atoms with Gasteiger partial charge in [0, 0.05) is 19.6 Å². The molecule has 0 saturated carbocycles. The lowest BCUT2D eigenvalue weighted by atomic mass is 10.1. The van der Waals surface area contributed by atoms with E-state index in [1.807, 2.05) is 19.0 Å².